The van der Waals surface area contributed by atoms with Crippen molar-refractivity contribution < 1.29 is 28.0 Å². The van der Waals surface area contributed by atoms with Gasteiger partial charge in [0.2, 0.25) is 0 Å². The molecule has 7 aromatic carbocycles. The molecule has 0 aliphatic heterocycles. The first-order chi connectivity index (χ1) is 29.5. The van der Waals surface area contributed by atoms with Crippen LogP contribution < -0.4 is 0 Å². The predicted molar refractivity (Wildman–Crippen MR) is 194 cm³/mol. The molecule has 224 valence electrons. The van der Waals surface area contributed by atoms with E-state index in [0.717, 1.165) is 16.8 Å². The fourth-order valence-electron chi connectivity index (χ4n) is 5.96. The van der Waals surface area contributed by atoms with E-state index >= 15 is 0 Å². The number of para-hydroxylation sites is 1. The van der Waals surface area contributed by atoms with Gasteiger partial charge in [-0.1, -0.05) is 115 Å². The number of nitrogens with zero attached hydrogens (tertiary/aromatic N) is 3. The van der Waals surface area contributed by atoms with Crippen LogP contribution in [0, 0.1) is 0 Å². The van der Waals surface area contributed by atoms with Crippen molar-refractivity contribution in [1.82, 2.24) is 15.0 Å². The molecule has 0 spiro atoms. The van der Waals surface area contributed by atoms with E-state index in [9.17, 15) is 4.11 Å². The van der Waals surface area contributed by atoms with E-state index < -0.39 is 53.7 Å². The molecular weight excluding hydrogens is 590 g/mol. The quantitative estimate of drug-likeness (QED) is 0.194. The summed E-state index contributed by atoms with van der Waals surface area (Å²) in [6.45, 7) is 0. The number of fused-ring (bicyclic) bond motifs is 7. The minimum absolute atomic E-state index is 0.00292. The molecule has 48 heavy (non-hydrogen) atoms. The molecule has 0 saturated heterocycles. The summed E-state index contributed by atoms with van der Waals surface area (Å²) in [6.07, 6.45) is 0. The Morgan fingerprint density at radius 1 is 0.438 bits per heavy atom. The summed E-state index contributed by atoms with van der Waals surface area (Å²) in [6, 6.07) is 12.2. The Hall–Kier alpha value is -6.59. The van der Waals surface area contributed by atoms with Crippen molar-refractivity contribution in [1.29, 1.82) is 0 Å². The molecule has 0 saturated carbocycles. The summed E-state index contributed by atoms with van der Waals surface area (Å²) in [5, 5.41) is 2.20. The maximum absolute atomic E-state index is 9.33. The number of hydrogen-bond acceptors (Lipinski definition) is 5. The van der Waals surface area contributed by atoms with Crippen LogP contribution in [-0.2, 0) is 0 Å². The molecule has 10 aromatic rings. The second kappa shape index (κ2) is 10.5. The average Bonchev–Trinajstić information content (AvgIpc) is 3.81. The second-order valence-corrected chi connectivity index (χ2v) is 10.9. The van der Waals surface area contributed by atoms with Crippen molar-refractivity contribution in [2.45, 2.75) is 0 Å². The molecule has 3 heterocycles. The summed E-state index contributed by atoms with van der Waals surface area (Å²) in [7, 11) is 0. The Bertz CT molecular complexity index is 3630. The van der Waals surface area contributed by atoms with Gasteiger partial charge in [-0.05, 0) is 58.2 Å². The van der Waals surface area contributed by atoms with Gasteiger partial charge in [0.05, 0.1) is 19.2 Å². The smallest absolute Gasteiger partial charge is 0.164 e. The summed E-state index contributed by atoms with van der Waals surface area (Å²) in [5.41, 5.74) is -0.190. The van der Waals surface area contributed by atoms with E-state index in [4.69, 9.17) is 28.9 Å². The lowest BCUT2D eigenvalue weighted by molar-refractivity contribution is 0.668. The van der Waals surface area contributed by atoms with E-state index in [2.05, 4.69) is 9.97 Å². The van der Waals surface area contributed by atoms with Crippen LogP contribution in [0.2, 0.25) is 0 Å². The zero-order valence-electron chi connectivity index (χ0n) is 38.5. The van der Waals surface area contributed by atoms with Gasteiger partial charge in [-0.2, -0.15) is 0 Å². The van der Waals surface area contributed by atoms with E-state index in [-0.39, 0.29) is 115 Å². The van der Waals surface area contributed by atoms with Gasteiger partial charge < -0.3 is 8.83 Å². The predicted octanol–water partition coefficient (Wildman–Crippen LogP) is 11.5. The minimum Gasteiger partial charge on any atom is -0.456 e. The molecule has 3 aromatic heterocycles. The molecule has 0 aliphatic carbocycles. The molecule has 5 heteroatoms. The summed E-state index contributed by atoms with van der Waals surface area (Å²) in [4.78, 5) is 13.9. The van der Waals surface area contributed by atoms with Crippen LogP contribution in [0.1, 0.15) is 19.2 Å². The van der Waals surface area contributed by atoms with Crippen LogP contribution in [0.5, 0.6) is 0 Å². The average molecular weight is 630 g/mol. The SMILES string of the molecule is [2H]c1cc2c(oc3c([2H])cc([2H])c(-c4nc(-c5c([2H])c([2H])c([2H])c([2H])c5[2H])nc(-c5c([2H])cc([2H])c6oc7c([2H])c(-c8ccc9ccccc9c8)c([2H])cc7c56)n4)c32)c([2H])c1[2H]. The molecule has 0 radical (unpaired) electrons. The van der Waals surface area contributed by atoms with Gasteiger partial charge in [0.25, 0.3) is 0 Å². The lowest BCUT2D eigenvalue weighted by Gasteiger charge is -2.10. The van der Waals surface area contributed by atoms with Gasteiger partial charge in [-0.3, -0.25) is 0 Å². The maximum atomic E-state index is 9.33. The van der Waals surface area contributed by atoms with E-state index in [1.807, 2.05) is 36.4 Å². The number of hydrogen-bond donors (Lipinski definition) is 0. The molecule has 10 rings (SSSR count). The van der Waals surface area contributed by atoms with E-state index in [1.165, 1.54) is 18.2 Å². The molecule has 0 fully saturated rings. The van der Waals surface area contributed by atoms with Crippen molar-refractivity contribution in [3.05, 3.63) is 151 Å². The molecule has 5 nitrogen and oxygen atoms in total. The van der Waals surface area contributed by atoms with Gasteiger partial charge in [-0.15, -0.1) is 0 Å². The fourth-order valence-corrected chi connectivity index (χ4v) is 5.96. The largest absolute Gasteiger partial charge is 0.456 e. The highest BCUT2D eigenvalue weighted by Gasteiger charge is 2.20. The van der Waals surface area contributed by atoms with Crippen molar-refractivity contribution in [2.24, 2.45) is 0 Å². The van der Waals surface area contributed by atoms with Crippen molar-refractivity contribution in [2.75, 3.05) is 0 Å². The highest BCUT2D eigenvalue weighted by molar-refractivity contribution is 6.13. The number of aromatic nitrogens is 3. The van der Waals surface area contributed by atoms with Gasteiger partial charge in [0.1, 0.15) is 22.3 Å². The maximum Gasteiger partial charge on any atom is 0.164 e. The summed E-state index contributed by atoms with van der Waals surface area (Å²) < 4.78 is 134. The normalized spacial score (nSPS) is 15.8. The van der Waals surface area contributed by atoms with Crippen molar-refractivity contribution >= 4 is 54.6 Å². The zero-order valence-corrected chi connectivity index (χ0v) is 24.5. The number of rotatable bonds is 4. The Morgan fingerprint density at radius 3 is 1.88 bits per heavy atom. The van der Waals surface area contributed by atoms with Gasteiger partial charge >= 0.3 is 0 Å². The van der Waals surface area contributed by atoms with Crippen molar-refractivity contribution in [3.8, 4) is 45.3 Å². The first-order valence-electron chi connectivity index (χ1n) is 21.8. The third-order valence-corrected chi connectivity index (χ3v) is 8.14. The first-order valence-corrected chi connectivity index (χ1v) is 14.8. The lowest BCUT2D eigenvalue weighted by Crippen LogP contribution is -2.00. The van der Waals surface area contributed by atoms with E-state index in [0.29, 0.717) is 5.56 Å². The fraction of sp³-hybridized carbons (Fsp3) is 0. The van der Waals surface area contributed by atoms with Crippen LogP contribution in [0.25, 0.3) is 99.9 Å². The van der Waals surface area contributed by atoms with Crippen LogP contribution in [0.15, 0.2) is 160 Å². The topological polar surface area (TPSA) is 65.0 Å². The molecule has 0 bridgehead atoms. The monoisotopic (exact) mass is 629 g/mol. The molecule has 0 unspecified atom stereocenters. The third kappa shape index (κ3) is 4.22. The molecular formula is C43H25N3O2. The van der Waals surface area contributed by atoms with Crippen molar-refractivity contribution in [3.63, 3.8) is 0 Å². The molecule has 0 amide bonds. The minimum atomic E-state index is -0.694. The molecule has 0 atom stereocenters. The van der Waals surface area contributed by atoms with Crippen LogP contribution >= 0.6 is 0 Å². The Balaban J connectivity index is 1.32. The van der Waals surface area contributed by atoms with Crippen LogP contribution in [-0.4, -0.2) is 15.0 Å². The van der Waals surface area contributed by atoms with E-state index in [1.54, 1.807) is 6.07 Å². The third-order valence-electron chi connectivity index (χ3n) is 8.14. The van der Waals surface area contributed by atoms with Crippen LogP contribution in [0.3, 0.4) is 0 Å². The summed E-state index contributed by atoms with van der Waals surface area (Å²) >= 11 is 0. The summed E-state index contributed by atoms with van der Waals surface area (Å²) in [5.74, 6) is -1.15. The standard InChI is InChI=1S/C43H25N3O2/c1-2-11-27(12-3-1)41-44-42(33-15-8-18-36-39(33)31-14-6-7-17-35(31)47-36)46-43(45-41)34-16-9-19-37-40(34)32-23-22-30(25-38(32)48-37)29-21-20-26-10-4-5-13-28(26)24-29/h1-25H/i1D,2D,3D,6D,7D,11D,12D,15D,16D,17D,18D,19D,22D,25D. The highest BCUT2D eigenvalue weighted by Crippen LogP contribution is 2.40. The molecule has 0 aliphatic rings. The van der Waals surface area contributed by atoms with Gasteiger partial charge in [0, 0.05) is 38.2 Å². The van der Waals surface area contributed by atoms with Gasteiger partial charge in [0.15, 0.2) is 17.5 Å². The lowest BCUT2D eigenvalue weighted by atomic mass is 9.99. The van der Waals surface area contributed by atoms with Gasteiger partial charge in [-0.25, -0.2) is 15.0 Å². The Kier molecular flexibility index (Phi) is 3.56. The Morgan fingerprint density at radius 2 is 1.10 bits per heavy atom. The first kappa shape index (κ1) is 16.3. The van der Waals surface area contributed by atoms with Crippen LogP contribution in [0.4, 0.5) is 0 Å². The number of furan rings is 2. The zero-order chi connectivity index (χ0) is 43.8. The Labute approximate surface area is 294 Å². The highest BCUT2D eigenvalue weighted by atomic mass is 16.3. The number of benzene rings is 7. The second-order valence-electron chi connectivity index (χ2n) is 10.9. The molecule has 0 N–H and O–H groups in total.